The number of aromatic hydroxyl groups is 1. The van der Waals surface area contributed by atoms with Gasteiger partial charge in [0, 0.05) is 35.6 Å². The molecule has 10 N–H and O–H groups in total. The molecule has 4 heterocycles. The number of ether oxygens (including phenoxy) is 7. The molecule has 4 fully saturated rings. The highest BCUT2D eigenvalue weighted by Crippen LogP contribution is 2.57. The molecule has 3 aromatic rings. The SMILES string of the molecule is COc1cc(O)c2c(=O)c(O[C@@H]3OC(CO)[C@@H](O)C(O)C3O)c(-c3ccc(O[C@@H]4O[C@@H](CO)[C@@H](O)C(O)C4OC(=O)/C=C(C)\C=C\[C@]4(O)[C@@]5(C)CO[C@]4(C)C[C@@H](O)C5)cc3)oc2c1. The predicted molar refractivity (Wildman–Crippen MR) is 214 cm³/mol. The first-order valence-electron chi connectivity index (χ1n) is 20.1. The fourth-order valence-electron chi connectivity index (χ4n) is 8.73. The highest BCUT2D eigenvalue weighted by atomic mass is 16.7. The summed E-state index contributed by atoms with van der Waals surface area (Å²) in [5.41, 5.74) is -3.97. The van der Waals surface area contributed by atoms with E-state index in [0.717, 1.165) is 12.1 Å². The van der Waals surface area contributed by atoms with Gasteiger partial charge in [0.15, 0.2) is 11.9 Å². The lowest BCUT2D eigenvalue weighted by Gasteiger charge is -2.49. The molecule has 0 radical (unpaired) electrons. The number of hydrogen-bond acceptors (Lipinski definition) is 20. The zero-order valence-electron chi connectivity index (χ0n) is 34.6. The molecule has 2 aromatic carbocycles. The van der Waals surface area contributed by atoms with Gasteiger partial charge in [0.2, 0.25) is 23.8 Å². The molecule has 0 amide bonds. The monoisotopic (exact) mass is 888 g/mol. The molecule has 1 aliphatic carbocycles. The van der Waals surface area contributed by atoms with E-state index in [1.807, 2.05) is 6.92 Å². The molecular formula is C43H52O20. The first kappa shape index (κ1) is 46.3. The molecule has 63 heavy (non-hydrogen) atoms. The van der Waals surface area contributed by atoms with Crippen LogP contribution in [0.3, 0.4) is 0 Å². The molecule has 20 heteroatoms. The number of methoxy groups -OCH3 is 1. The summed E-state index contributed by atoms with van der Waals surface area (Å²) in [4.78, 5) is 27.3. The average molecular weight is 889 g/mol. The smallest absolute Gasteiger partial charge is 0.331 e. The standard InChI is InChI=1S/C43H52O20/c1-19(9-10-43(55)41(2)14-21(46)15-42(43,3)57-18-41)11-28(48)62-38-34(53)31(50)27(17-45)61-40(38)58-22-7-5-20(6-8-22)36-37(63-39-35(54)33(52)30(49)26(16-44)60-39)32(51)29-24(47)12-23(56-4)13-25(29)59-36/h5-13,21,26-27,30-31,33-35,38-40,44-47,49-50,52-55H,14-18H2,1-4H3/b10-9+,19-11-/t21-,26?,27-,30+,31+,33?,34?,35?,38?,39-,40+,41+,42+,43-/m0/s1. The van der Waals surface area contributed by atoms with Gasteiger partial charge in [0.25, 0.3) is 0 Å². The van der Waals surface area contributed by atoms with Crippen molar-refractivity contribution in [3.63, 3.8) is 0 Å². The number of phenols is 1. The van der Waals surface area contributed by atoms with E-state index in [1.165, 1.54) is 49.6 Å². The summed E-state index contributed by atoms with van der Waals surface area (Å²) in [5.74, 6) is -2.27. The van der Waals surface area contributed by atoms with Gasteiger partial charge >= 0.3 is 5.97 Å². The van der Waals surface area contributed by atoms with Crippen molar-refractivity contribution in [1.29, 1.82) is 0 Å². The van der Waals surface area contributed by atoms with E-state index in [-0.39, 0.29) is 46.8 Å². The lowest BCUT2D eigenvalue weighted by atomic mass is 9.59. The van der Waals surface area contributed by atoms with Crippen molar-refractivity contribution in [2.75, 3.05) is 26.9 Å². The summed E-state index contributed by atoms with van der Waals surface area (Å²) in [7, 11) is 1.33. The fraction of sp³-hybridized carbons (Fsp3) is 0.535. The Bertz CT molecular complexity index is 2250. The Morgan fingerprint density at radius 2 is 1.51 bits per heavy atom. The molecule has 0 spiro atoms. The van der Waals surface area contributed by atoms with E-state index in [1.54, 1.807) is 13.8 Å². The minimum Gasteiger partial charge on any atom is -0.507 e. The minimum atomic E-state index is -1.92. The second-order valence-corrected chi connectivity index (χ2v) is 16.8. The van der Waals surface area contributed by atoms with Crippen LogP contribution in [0.15, 0.2) is 69.4 Å². The van der Waals surface area contributed by atoms with Crippen molar-refractivity contribution >= 4 is 16.9 Å². The lowest BCUT2D eigenvalue weighted by molar-refractivity contribution is -0.281. The van der Waals surface area contributed by atoms with Crippen molar-refractivity contribution in [3.8, 4) is 34.3 Å². The zero-order chi connectivity index (χ0) is 45.8. The van der Waals surface area contributed by atoms with E-state index >= 15 is 0 Å². The van der Waals surface area contributed by atoms with Crippen LogP contribution >= 0.6 is 0 Å². The largest absolute Gasteiger partial charge is 0.507 e. The number of benzene rings is 2. The number of aliphatic hydroxyl groups is 9. The van der Waals surface area contributed by atoms with Crippen LogP contribution in [0.4, 0.5) is 0 Å². The Morgan fingerprint density at radius 1 is 0.857 bits per heavy atom. The fourth-order valence-corrected chi connectivity index (χ4v) is 8.73. The number of rotatable bonds is 12. The van der Waals surface area contributed by atoms with Crippen molar-refractivity contribution < 1.29 is 93.4 Å². The van der Waals surface area contributed by atoms with Crippen LogP contribution in [0.5, 0.6) is 23.0 Å². The van der Waals surface area contributed by atoms with Gasteiger partial charge in [-0.25, -0.2) is 4.79 Å². The Labute approximate surface area is 359 Å². The van der Waals surface area contributed by atoms with Crippen molar-refractivity contribution in [1.82, 2.24) is 0 Å². The number of esters is 1. The number of carbonyl (C=O) groups excluding carboxylic acids is 1. The quantitative estimate of drug-likeness (QED) is 0.0609. The van der Waals surface area contributed by atoms with Crippen LogP contribution < -0.4 is 19.6 Å². The molecule has 1 saturated carbocycles. The van der Waals surface area contributed by atoms with E-state index in [2.05, 4.69) is 0 Å². The van der Waals surface area contributed by atoms with Crippen LogP contribution in [0.2, 0.25) is 0 Å². The Morgan fingerprint density at radius 3 is 2.14 bits per heavy atom. The third kappa shape index (κ3) is 8.42. The summed E-state index contributed by atoms with van der Waals surface area (Å²) in [6.45, 7) is 3.78. The number of phenolic OH excluding ortho intramolecular Hbond substituents is 1. The Kier molecular flexibility index (Phi) is 13.0. The lowest BCUT2D eigenvalue weighted by Crippen LogP contribution is -2.61. The van der Waals surface area contributed by atoms with E-state index in [0.29, 0.717) is 12.0 Å². The van der Waals surface area contributed by atoms with E-state index in [4.69, 9.17) is 37.6 Å². The van der Waals surface area contributed by atoms with Gasteiger partial charge < -0.3 is 88.6 Å². The highest BCUT2D eigenvalue weighted by Gasteiger charge is 2.67. The molecule has 1 aromatic heterocycles. The molecule has 4 aliphatic rings. The predicted octanol–water partition coefficient (Wildman–Crippen LogP) is -0.734. The summed E-state index contributed by atoms with van der Waals surface area (Å²) >= 11 is 0. The van der Waals surface area contributed by atoms with Crippen LogP contribution in [-0.2, 0) is 23.7 Å². The van der Waals surface area contributed by atoms with Crippen molar-refractivity contribution in [2.24, 2.45) is 5.41 Å². The van der Waals surface area contributed by atoms with Crippen LogP contribution in [0.25, 0.3) is 22.3 Å². The highest BCUT2D eigenvalue weighted by molar-refractivity contribution is 5.88. The molecular weight excluding hydrogens is 836 g/mol. The molecule has 14 atom stereocenters. The number of hydrogen-bond donors (Lipinski definition) is 10. The molecule has 20 nitrogen and oxygen atoms in total. The molecule has 7 rings (SSSR count). The third-order valence-corrected chi connectivity index (χ3v) is 12.4. The minimum absolute atomic E-state index is 0.0169. The molecule has 3 saturated heterocycles. The Hall–Kier alpha value is -4.68. The maximum Gasteiger partial charge on any atom is 0.331 e. The second kappa shape index (κ2) is 17.7. The summed E-state index contributed by atoms with van der Waals surface area (Å²) < 4.78 is 45.7. The van der Waals surface area contributed by atoms with Crippen molar-refractivity contribution in [3.05, 3.63) is 70.4 Å². The summed E-state index contributed by atoms with van der Waals surface area (Å²) in [6, 6.07) is 7.96. The molecule has 5 unspecified atom stereocenters. The topological polar surface area (TPSA) is 314 Å². The number of fused-ring (bicyclic) bond motifs is 3. The third-order valence-electron chi connectivity index (χ3n) is 12.4. The molecule has 344 valence electrons. The van der Waals surface area contributed by atoms with Gasteiger partial charge in [-0.1, -0.05) is 13.0 Å². The van der Waals surface area contributed by atoms with Gasteiger partial charge in [-0.05, 0) is 56.2 Å². The van der Waals surface area contributed by atoms with Gasteiger partial charge in [-0.3, -0.25) is 4.79 Å². The van der Waals surface area contributed by atoms with E-state index in [9.17, 15) is 60.7 Å². The number of carbonyl (C=O) groups is 1. The molecule has 3 aliphatic heterocycles. The number of aliphatic hydroxyl groups excluding tert-OH is 8. The van der Waals surface area contributed by atoms with Gasteiger partial charge in [0.1, 0.15) is 82.1 Å². The normalized spacial score (nSPS) is 37.0. The second-order valence-electron chi connectivity index (χ2n) is 16.8. The van der Waals surface area contributed by atoms with Gasteiger partial charge in [-0.2, -0.15) is 0 Å². The summed E-state index contributed by atoms with van der Waals surface area (Å²) in [5, 5.41) is 105. The van der Waals surface area contributed by atoms with E-state index < -0.39 is 120 Å². The average Bonchev–Trinajstić information content (AvgIpc) is 3.33. The first-order valence-corrected chi connectivity index (χ1v) is 20.1. The maximum atomic E-state index is 14.0. The van der Waals surface area contributed by atoms with Crippen molar-refractivity contribution in [2.45, 2.75) is 112 Å². The zero-order valence-corrected chi connectivity index (χ0v) is 34.6. The van der Waals surface area contributed by atoms with Gasteiger partial charge in [0.05, 0.1) is 33.0 Å². The Balaban J connectivity index is 1.15. The molecule has 2 bridgehead atoms. The first-order chi connectivity index (χ1) is 29.8. The van der Waals surface area contributed by atoms with Crippen LogP contribution in [-0.4, -0.2) is 163 Å². The summed E-state index contributed by atoms with van der Waals surface area (Å²) in [6.07, 6.45) is -12.9. The van der Waals surface area contributed by atoms with Crippen LogP contribution in [0.1, 0.15) is 33.6 Å². The maximum absolute atomic E-state index is 14.0. The number of allylic oxidation sites excluding steroid dienone is 2. The van der Waals surface area contributed by atoms with Crippen LogP contribution in [0, 0.1) is 5.41 Å². The van der Waals surface area contributed by atoms with Gasteiger partial charge in [-0.15, -0.1) is 0 Å².